The summed E-state index contributed by atoms with van der Waals surface area (Å²) >= 11 is 4.96. The van der Waals surface area contributed by atoms with Gasteiger partial charge in [0.15, 0.2) is 0 Å². The maximum Gasteiger partial charge on any atom is 0.336 e. The molecule has 8 heteroatoms. The molecule has 0 unspecified atom stereocenters. The molecule has 0 spiro atoms. The highest BCUT2D eigenvalue weighted by Gasteiger charge is 2.15. The van der Waals surface area contributed by atoms with E-state index < -0.39 is 11.9 Å². The number of allylic oxidation sites excluding steroid dienone is 1. The topological polar surface area (TPSA) is 103 Å². The van der Waals surface area contributed by atoms with Crippen LogP contribution < -0.4 is 16.3 Å². The normalized spacial score (nSPS) is 10.6. The molecule has 0 saturated heterocycles. The van der Waals surface area contributed by atoms with Crippen LogP contribution in [0.4, 0.5) is 0 Å². The van der Waals surface area contributed by atoms with E-state index >= 15 is 0 Å². The van der Waals surface area contributed by atoms with Gasteiger partial charge in [-0.3, -0.25) is 21.1 Å². The van der Waals surface area contributed by atoms with Crippen LogP contribution in [0, 0.1) is 0 Å². The number of hydrogen-bond acceptors (Lipinski definition) is 4. The van der Waals surface area contributed by atoms with Gasteiger partial charge in [0.1, 0.15) is 0 Å². The van der Waals surface area contributed by atoms with Crippen molar-refractivity contribution < 1.29 is 14.7 Å². The Balaban J connectivity index is 1.80. The van der Waals surface area contributed by atoms with Crippen LogP contribution in [0.25, 0.3) is 6.08 Å². The lowest BCUT2D eigenvalue weighted by molar-refractivity contribution is 0.0690. The fourth-order valence-corrected chi connectivity index (χ4v) is 2.04. The Kier molecular flexibility index (Phi) is 7.02. The number of hydrogen-bond donors (Lipinski definition) is 4. The quantitative estimate of drug-likeness (QED) is 0.367. The molecule has 7 nitrogen and oxygen atoms in total. The number of carbonyl (C=O) groups excluding carboxylic acids is 1. The standard InChI is InChI=1S/C18H16N4O3S/c23-16(14-10-4-5-11-15(14)17(24)25)20-22-18(26)21-19-12-6-9-13-7-2-1-3-8-13/h1-12H,(H,20,23)(H,24,25)(H2,21,22,26)/b9-6+,19-12+. The summed E-state index contributed by atoms with van der Waals surface area (Å²) in [5.41, 5.74) is 8.23. The fraction of sp³-hybridized carbons (Fsp3) is 0. The van der Waals surface area contributed by atoms with Crippen LogP contribution in [0.2, 0.25) is 0 Å². The number of thiocarbonyl (C=S) groups is 1. The van der Waals surface area contributed by atoms with Crippen molar-refractivity contribution in [1.82, 2.24) is 16.3 Å². The molecule has 0 aromatic heterocycles. The second-order valence-electron chi connectivity index (χ2n) is 4.92. The minimum absolute atomic E-state index is 0.0181. The van der Waals surface area contributed by atoms with E-state index in [1.54, 1.807) is 12.1 Å². The SMILES string of the molecule is O=C(O)c1ccccc1C(=O)NNC(=S)N/N=C/C=C/c1ccccc1. The van der Waals surface area contributed by atoms with Crippen molar-refractivity contribution in [2.75, 3.05) is 0 Å². The monoisotopic (exact) mass is 368 g/mol. The summed E-state index contributed by atoms with van der Waals surface area (Å²) in [5, 5.41) is 13.0. The first-order valence-electron chi connectivity index (χ1n) is 7.51. The van der Waals surface area contributed by atoms with Crippen LogP contribution in [-0.2, 0) is 0 Å². The van der Waals surface area contributed by atoms with E-state index in [4.69, 9.17) is 17.3 Å². The number of carboxylic acid groups (broad SMARTS) is 1. The first kappa shape index (κ1) is 18.8. The second-order valence-corrected chi connectivity index (χ2v) is 5.33. The number of carbonyl (C=O) groups is 2. The van der Waals surface area contributed by atoms with E-state index in [0.29, 0.717) is 0 Å². The van der Waals surface area contributed by atoms with E-state index in [1.165, 1.54) is 24.4 Å². The number of nitrogens with zero attached hydrogens (tertiary/aromatic N) is 1. The third kappa shape index (κ3) is 5.84. The molecule has 0 bridgehead atoms. The lowest BCUT2D eigenvalue weighted by atomic mass is 10.1. The molecule has 0 aliphatic heterocycles. The van der Waals surface area contributed by atoms with Gasteiger partial charge in [-0.2, -0.15) is 5.10 Å². The molecule has 132 valence electrons. The van der Waals surface area contributed by atoms with Gasteiger partial charge in [-0.05, 0) is 36.0 Å². The summed E-state index contributed by atoms with van der Waals surface area (Å²) in [7, 11) is 0. The Labute approximate surface area is 155 Å². The molecule has 4 N–H and O–H groups in total. The minimum Gasteiger partial charge on any atom is -0.478 e. The Hall–Kier alpha value is -3.52. The van der Waals surface area contributed by atoms with Gasteiger partial charge in [0.05, 0.1) is 11.1 Å². The van der Waals surface area contributed by atoms with Crippen molar-refractivity contribution in [2.45, 2.75) is 0 Å². The van der Waals surface area contributed by atoms with Crippen molar-refractivity contribution >= 4 is 41.5 Å². The van der Waals surface area contributed by atoms with E-state index in [-0.39, 0.29) is 16.2 Å². The largest absolute Gasteiger partial charge is 0.478 e. The lowest BCUT2D eigenvalue weighted by Gasteiger charge is -2.10. The number of hydrazine groups is 1. The molecule has 0 aliphatic carbocycles. The summed E-state index contributed by atoms with van der Waals surface area (Å²) in [6, 6.07) is 15.6. The number of hydrazone groups is 1. The van der Waals surface area contributed by atoms with Crippen LogP contribution >= 0.6 is 12.2 Å². The third-order valence-electron chi connectivity index (χ3n) is 3.11. The molecule has 0 radical (unpaired) electrons. The predicted octanol–water partition coefficient (Wildman–Crippen LogP) is 2.19. The zero-order chi connectivity index (χ0) is 18.8. The predicted molar refractivity (Wildman–Crippen MR) is 104 cm³/mol. The van der Waals surface area contributed by atoms with Crippen molar-refractivity contribution in [1.29, 1.82) is 0 Å². The molecule has 0 heterocycles. The first-order valence-corrected chi connectivity index (χ1v) is 7.92. The molecule has 1 amide bonds. The summed E-state index contributed by atoms with van der Waals surface area (Å²) in [5.74, 6) is -1.81. The van der Waals surface area contributed by atoms with Crippen LogP contribution in [0.5, 0.6) is 0 Å². The molecule has 0 fully saturated rings. The van der Waals surface area contributed by atoms with E-state index in [1.807, 2.05) is 36.4 Å². The molecule has 0 atom stereocenters. The highest BCUT2D eigenvalue weighted by Crippen LogP contribution is 2.08. The smallest absolute Gasteiger partial charge is 0.336 e. The van der Waals surface area contributed by atoms with Gasteiger partial charge >= 0.3 is 5.97 Å². The van der Waals surface area contributed by atoms with Crippen molar-refractivity contribution in [3.05, 3.63) is 77.4 Å². The fourth-order valence-electron chi connectivity index (χ4n) is 1.93. The van der Waals surface area contributed by atoms with E-state index in [0.717, 1.165) is 5.56 Å². The van der Waals surface area contributed by atoms with Crippen molar-refractivity contribution in [2.24, 2.45) is 5.10 Å². The molecule has 0 saturated carbocycles. The lowest BCUT2D eigenvalue weighted by Crippen LogP contribution is -2.45. The number of carboxylic acids is 1. The number of rotatable bonds is 5. The van der Waals surface area contributed by atoms with Crippen LogP contribution in [-0.4, -0.2) is 28.3 Å². The van der Waals surface area contributed by atoms with E-state index in [2.05, 4.69) is 21.4 Å². The Bertz CT molecular complexity index is 851. The Morgan fingerprint density at radius 3 is 2.31 bits per heavy atom. The van der Waals surface area contributed by atoms with Crippen molar-refractivity contribution in [3.8, 4) is 0 Å². The molecule has 2 rings (SSSR count). The number of amides is 1. The maximum absolute atomic E-state index is 12.0. The molecule has 26 heavy (non-hydrogen) atoms. The number of aromatic carboxylic acids is 1. The van der Waals surface area contributed by atoms with E-state index in [9.17, 15) is 9.59 Å². The minimum atomic E-state index is -1.19. The number of benzene rings is 2. The van der Waals surface area contributed by atoms with Crippen LogP contribution in [0.15, 0.2) is 65.8 Å². The van der Waals surface area contributed by atoms with Gasteiger partial charge in [-0.15, -0.1) is 0 Å². The maximum atomic E-state index is 12.0. The van der Waals surface area contributed by atoms with Gasteiger partial charge in [-0.1, -0.05) is 48.5 Å². The average molecular weight is 368 g/mol. The molecular weight excluding hydrogens is 352 g/mol. The Morgan fingerprint density at radius 2 is 1.62 bits per heavy atom. The second kappa shape index (κ2) is 9.70. The summed E-state index contributed by atoms with van der Waals surface area (Å²) in [4.78, 5) is 23.1. The molecule has 0 aliphatic rings. The third-order valence-corrected chi connectivity index (χ3v) is 3.30. The van der Waals surface area contributed by atoms with Gasteiger partial charge < -0.3 is 5.11 Å². The summed E-state index contributed by atoms with van der Waals surface area (Å²) in [6.07, 6.45) is 5.10. The zero-order valence-corrected chi connectivity index (χ0v) is 14.4. The van der Waals surface area contributed by atoms with Crippen LogP contribution in [0.3, 0.4) is 0 Å². The van der Waals surface area contributed by atoms with Gasteiger partial charge in [0.25, 0.3) is 5.91 Å². The average Bonchev–Trinajstić information content (AvgIpc) is 2.66. The summed E-state index contributed by atoms with van der Waals surface area (Å²) in [6.45, 7) is 0. The van der Waals surface area contributed by atoms with Crippen LogP contribution in [0.1, 0.15) is 26.3 Å². The number of nitrogens with one attached hydrogen (secondary N) is 3. The van der Waals surface area contributed by atoms with Gasteiger partial charge in [0.2, 0.25) is 5.11 Å². The molecule has 2 aromatic rings. The van der Waals surface area contributed by atoms with Gasteiger partial charge in [-0.25, -0.2) is 4.79 Å². The van der Waals surface area contributed by atoms with Crippen molar-refractivity contribution in [3.63, 3.8) is 0 Å². The van der Waals surface area contributed by atoms with Gasteiger partial charge in [0, 0.05) is 6.21 Å². The zero-order valence-electron chi connectivity index (χ0n) is 13.5. The highest BCUT2D eigenvalue weighted by molar-refractivity contribution is 7.80. The highest BCUT2D eigenvalue weighted by atomic mass is 32.1. The first-order chi connectivity index (χ1) is 12.6. The summed E-state index contributed by atoms with van der Waals surface area (Å²) < 4.78 is 0. The Morgan fingerprint density at radius 1 is 0.962 bits per heavy atom. The molecular formula is C18H16N4O3S. The molecule has 2 aromatic carbocycles.